The molecule has 2 heterocycles. The Balaban J connectivity index is 1.62. The summed E-state index contributed by atoms with van der Waals surface area (Å²) in [6, 6.07) is 10.0. The van der Waals surface area contributed by atoms with Gasteiger partial charge in [0, 0.05) is 17.5 Å². The van der Waals surface area contributed by atoms with Crippen LogP contribution in [0.1, 0.15) is 11.3 Å². The summed E-state index contributed by atoms with van der Waals surface area (Å²) in [5.74, 6) is 0.732. The fraction of sp³-hybridized carbons (Fsp3) is 0.154. The van der Waals surface area contributed by atoms with Crippen LogP contribution in [0.2, 0.25) is 0 Å². The lowest BCUT2D eigenvalue weighted by Crippen LogP contribution is -1.89. The highest BCUT2D eigenvalue weighted by atomic mass is 32.2. The maximum absolute atomic E-state index is 4.79. The Bertz CT molecular complexity index is 681. The molecule has 102 valence electrons. The highest BCUT2D eigenvalue weighted by molar-refractivity contribution is 8.00. The van der Waals surface area contributed by atoms with Crippen LogP contribution in [0.3, 0.4) is 0 Å². The van der Waals surface area contributed by atoms with Gasteiger partial charge in [-0.3, -0.25) is 0 Å². The molecule has 0 radical (unpaired) electrons. The van der Waals surface area contributed by atoms with Crippen LogP contribution >= 0.6 is 23.1 Å². The van der Waals surface area contributed by atoms with Crippen LogP contribution in [0.5, 0.6) is 0 Å². The van der Waals surface area contributed by atoms with Crippen molar-refractivity contribution in [3.63, 3.8) is 0 Å². The summed E-state index contributed by atoms with van der Waals surface area (Å²) in [7, 11) is 0. The minimum absolute atomic E-state index is 0.732. The molecule has 7 heteroatoms. The summed E-state index contributed by atoms with van der Waals surface area (Å²) in [6.07, 6.45) is 1.57. The molecule has 3 aromatic rings. The van der Waals surface area contributed by atoms with Crippen LogP contribution in [-0.4, -0.2) is 15.4 Å². The molecule has 0 saturated heterocycles. The third-order valence-electron chi connectivity index (χ3n) is 2.51. The van der Waals surface area contributed by atoms with E-state index in [4.69, 9.17) is 4.52 Å². The van der Waals surface area contributed by atoms with Gasteiger partial charge in [0.1, 0.15) is 6.26 Å². The van der Waals surface area contributed by atoms with E-state index in [9.17, 15) is 0 Å². The summed E-state index contributed by atoms with van der Waals surface area (Å²) in [4.78, 5) is 0. The highest BCUT2D eigenvalue weighted by Crippen LogP contribution is 2.29. The van der Waals surface area contributed by atoms with Crippen molar-refractivity contribution in [1.29, 1.82) is 0 Å². The molecule has 1 aromatic carbocycles. The first-order valence-corrected chi connectivity index (χ1v) is 7.79. The van der Waals surface area contributed by atoms with Gasteiger partial charge in [0.15, 0.2) is 4.34 Å². The number of nitrogens with zero attached hydrogens (tertiary/aromatic N) is 3. The van der Waals surface area contributed by atoms with Crippen molar-refractivity contribution in [3.05, 3.63) is 47.9 Å². The second-order valence-electron chi connectivity index (χ2n) is 4.15. The number of aryl methyl sites for hydroxylation is 1. The van der Waals surface area contributed by atoms with Crippen molar-refractivity contribution in [2.45, 2.75) is 17.0 Å². The number of hydrogen-bond acceptors (Lipinski definition) is 7. The van der Waals surface area contributed by atoms with Gasteiger partial charge >= 0.3 is 0 Å². The van der Waals surface area contributed by atoms with E-state index >= 15 is 0 Å². The van der Waals surface area contributed by atoms with E-state index in [0.29, 0.717) is 0 Å². The number of anilines is 2. The lowest BCUT2D eigenvalue weighted by atomic mass is 10.2. The second kappa shape index (κ2) is 6.06. The van der Waals surface area contributed by atoms with Crippen molar-refractivity contribution in [3.8, 4) is 0 Å². The monoisotopic (exact) mass is 304 g/mol. The maximum Gasteiger partial charge on any atom is 0.210 e. The van der Waals surface area contributed by atoms with Gasteiger partial charge in [-0.05, 0) is 24.6 Å². The van der Waals surface area contributed by atoms with Crippen LogP contribution in [0.4, 0.5) is 10.8 Å². The van der Waals surface area contributed by atoms with Crippen molar-refractivity contribution in [2.75, 3.05) is 5.32 Å². The molecule has 3 rings (SSSR count). The van der Waals surface area contributed by atoms with Gasteiger partial charge in [0.2, 0.25) is 5.13 Å². The lowest BCUT2D eigenvalue weighted by Gasteiger charge is -2.01. The maximum atomic E-state index is 4.79. The Morgan fingerprint density at radius 2 is 2.25 bits per heavy atom. The van der Waals surface area contributed by atoms with Gasteiger partial charge in [-0.2, -0.15) is 0 Å². The van der Waals surface area contributed by atoms with Gasteiger partial charge in [-0.25, -0.2) is 0 Å². The smallest absolute Gasteiger partial charge is 0.210 e. The number of nitrogens with one attached hydrogen (secondary N) is 1. The van der Waals surface area contributed by atoms with Crippen LogP contribution in [0.15, 0.2) is 45.5 Å². The topological polar surface area (TPSA) is 63.8 Å². The molecule has 0 amide bonds. The van der Waals surface area contributed by atoms with Crippen molar-refractivity contribution in [2.24, 2.45) is 0 Å². The summed E-state index contributed by atoms with van der Waals surface area (Å²) < 4.78 is 5.70. The van der Waals surface area contributed by atoms with E-state index in [1.807, 2.05) is 18.2 Å². The molecular formula is C13H12N4OS2. The molecule has 0 spiro atoms. The largest absolute Gasteiger partial charge is 0.364 e. The number of rotatable bonds is 5. The third kappa shape index (κ3) is 3.37. The molecule has 0 bridgehead atoms. The zero-order valence-corrected chi connectivity index (χ0v) is 12.4. The summed E-state index contributed by atoms with van der Waals surface area (Å²) >= 11 is 3.12. The number of aromatic nitrogens is 3. The zero-order chi connectivity index (χ0) is 13.8. The van der Waals surface area contributed by atoms with Crippen molar-refractivity contribution >= 4 is 33.9 Å². The number of hydrogen-bond donors (Lipinski definition) is 1. The minimum atomic E-state index is 0.732. The van der Waals surface area contributed by atoms with Crippen LogP contribution in [0.25, 0.3) is 0 Å². The molecule has 5 nitrogen and oxygen atoms in total. The van der Waals surface area contributed by atoms with Gasteiger partial charge in [0.05, 0.1) is 5.69 Å². The predicted octanol–water partition coefficient (Wildman–Crippen LogP) is 3.87. The third-order valence-corrected chi connectivity index (χ3v) is 4.52. The Morgan fingerprint density at radius 3 is 3.05 bits per heavy atom. The first kappa shape index (κ1) is 13.1. The minimum Gasteiger partial charge on any atom is -0.364 e. The predicted molar refractivity (Wildman–Crippen MR) is 80.4 cm³/mol. The van der Waals surface area contributed by atoms with Crippen LogP contribution in [0, 0.1) is 6.92 Å². The van der Waals surface area contributed by atoms with Crippen molar-refractivity contribution in [1.82, 2.24) is 15.4 Å². The van der Waals surface area contributed by atoms with E-state index in [1.54, 1.807) is 18.0 Å². The molecule has 0 aliphatic carbocycles. The zero-order valence-electron chi connectivity index (χ0n) is 10.7. The molecule has 0 aliphatic heterocycles. The Hall–Kier alpha value is -1.86. The van der Waals surface area contributed by atoms with Crippen LogP contribution < -0.4 is 5.32 Å². The Kier molecular flexibility index (Phi) is 3.98. The first-order chi connectivity index (χ1) is 9.79. The van der Waals surface area contributed by atoms with E-state index in [0.717, 1.165) is 26.6 Å². The van der Waals surface area contributed by atoms with Gasteiger partial charge in [-0.1, -0.05) is 40.4 Å². The van der Waals surface area contributed by atoms with Gasteiger partial charge in [0.25, 0.3) is 0 Å². The molecule has 0 unspecified atom stereocenters. The summed E-state index contributed by atoms with van der Waals surface area (Å²) in [5, 5.41) is 16.2. The molecule has 0 atom stereocenters. The molecular weight excluding hydrogens is 292 g/mol. The lowest BCUT2D eigenvalue weighted by molar-refractivity contribution is 0.414. The highest BCUT2D eigenvalue weighted by Gasteiger charge is 2.06. The van der Waals surface area contributed by atoms with E-state index in [1.165, 1.54) is 16.9 Å². The fourth-order valence-electron chi connectivity index (χ4n) is 1.61. The van der Waals surface area contributed by atoms with Crippen LogP contribution in [-0.2, 0) is 5.75 Å². The summed E-state index contributed by atoms with van der Waals surface area (Å²) in [5.41, 5.74) is 3.13. The average molecular weight is 304 g/mol. The van der Waals surface area contributed by atoms with E-state index in [2.05, 4.69) is 39.7 Å². The standard InChI is InChI=1S/C13H12N4OS2/c1-9-3-2-4-10(7-9)14-12-15-16-13(20-12)19-8-11-5-6-18-17-11/h2-7H,8H2,1H3,(H,14,15). The van der Waals surface area contributed by atoms with Gasteiger partial charge in [-0.15, -0.1) is 10.2 Å². The second-order valence-corrected chi connectivity index (χ2v) is 6.35. The quantitative estimate of drug-likeness (QED) is 0.722. The normalized spacial score (nSPS) is 10.7. The Morgan fingerprint density at radius 1 is 1.30 bits per heavy atom. The first-order valence-electron chi connectivity index (χ1n) is 5.99. The SMILES string of the molecule is Cc1cccc(Nc2nnc(SCc3ccon3)s2)c1. The van der Waals surface area contributed by atoms with Crippen molar-refractivity contribution < 1.29 is 4.52 Å². The van der Waals surface area contributed by atoms with E-state index in [-0.39, 0.29) is 0 Å². The molecule has 0 fully saturated rings. The molecule has 1 N–H and O–H groups in total. The number of thioether (sulfide) groups is 1. The molecule has 20 heavy (non-hydrogen) atoms. The molecule has 0 saturated carbocycles. The summed E-state index contributed by atoms with van der Waals surface area (Å²) in [6.45, 7) is 2.06. The van der Waals surface area contributed by atoms with Gasteiger partial charge < -0.3 is 9.84 Å². The van der Waals surface area contributed by atoms with E-state index < -0.39 is 0 Å². The Labute approximate surface area is 124 Å². The fourth-order valence-corrected chi connectivity index (χ4v) is 3.28. The molecule has 2 aromatic heterocycles. The number of benzene rings is 1. The average Bonchev–Trinajstić information content (AvgIpc) is 3.07. The molecule has 0 aliphatic rings.